The zero-order valence-corrected chi connectivity index (χ0v) is 18.2. The number of aryl methyl sites for hydroxylation is 1. The summed E-state index contributed by atoms with van der Waals surface area (Å²) in [6, 6.07) is 21.4. The van der Waals surface area contributed by atoms with Gasteiger partial charge in [-0.25, -0.2) is 0 Å². The van der Waals surface area contributed by atoms with Crippen LogP contribution in [-0.4, -0.2) is 27.2 Å². The molecule has 0 aliphatic carbocycles. The molecule has 5 nitrogen and oxygen atoms in total. The number of carbonyl (C=O) groups excluding carboxylic acids is 1. The summed E-state index contributed by atoms with van der Waals surface area (Å²) in [4.78, 5) is 12.8. The molecule has 1 N–H and O–H groups in total. The monoisotopic (exact) mass is 417 g/mol. The number of benzene rings is 3. The predicted octanol–water partition coefficient (Wildman–Crippen LogP) is 4.94. The number of carbonyl (C=O) groups is 1. The summed E-state index contributed by atoms with van der Waals surface area (Å²) < 4.78 is 16.1. The van der Waals surface area contributed by atoms with Gasteiger partial charge in [0.15, 0.2) is 11.5 Å². The standard InChI is InChI=1S/C26H27NO4/c1-18-10-13-21(14-11-18)25(20-8-6-5-7-9-20)27-24(28)15-12-19-16-22(29-2)26(31-4)23(17-19)30-3/h5-17,25H,1-4H3,(H,27,28)/b15-12+. The minimum absolute atomic E-state index is 0.205. The first-order valence-electron chi connectivity index (χ1n) is 9.95. The van der Waals surface area contributed by atoms with Gasteiger partial charge in [-0.05, 0) is 41.8 Å². The van der Waals surface area contributed by atoms with Crippen molar-refractivity contribution < 1.29 is 19.0 Å². The van der Waals surface area contributed by atoms with Crippen molar-refractivity contribution >= 4 is 12.0 Å². The Balaban J connectivity index is 1.84. The van der Waals surface area contributed by atoms with Gasteiger partial charge < -0.3 is 19.5 Å². The van der Waals surface area contributed by atoms with Gasteiger partial charge in [0.05, 0.1) is 27.4 Å². The van der Waals surface area contributed by atoms with Crippen LogP contribution in [0.15, 0.2) is 72.8 Å². The number of nitrogens with one attached hydrogen (secondary N) is 1. The van der Waals surface area contributed by atoms with Crippen molar-refractivity contribution in [1.82, 2.24) is 5.32 Å². The average Bonchev–Trinajstić information content (AvgIpc) is 2.81. The normalized spacial score (nSPS) is 11.7. The van der Waals surface area contributed by atoms with E-state index in [0.29, 0.717) is 17.2 Å². The topological polar surface area (TPSA) is 56.8 Å². The van der Waals surface area contributed by atoms with Gasteiger partial charge in [-0.15, -0.1) is 0 Å². The molecule has 1 atom stereocenters. The quantitative estimate of drug-likeness (QED) is 0.528. The third-order valence-electron chi connectivity index (χ3n) is 4.94. The second-order valence-electron chi connectivity index (χ2n) is 7.05. The van der Waals surface area contributed by atoms with Crippen molar-refractivity contribution in [3.8, 4) is 17.2 Å². The summed E-state index contributed by atoms with van der Waals surface area (Å²) in [5, 5.41) is 3.11. The highest BCUT2D eigenvalue weighted by molar-refractivity contribution is 5.92. The second kappa shape index (κ2) is 10.3. The SMILES string of the molecule is COc1cc(/C=C/C(=O)NC(c2ccccc2)c2ccc(C)cc2)cc(OC)c1OC. The van der Waals surface area contributed by atoms with Crippen molar-refractivity contribution in [2.24, 2.45) is 0 Å². The largest absolute Gasteiger partial charge is 0.493 e. The second-order valence-corrected chi connectivity index (χ2v) is 7.05. The molecule has 0 heterocycles. The van der Waals surface area contributed by atoms with Gasteiger partial charge in [0.2, 0.25) is 11.7 Å². The fourth-order valence-electron chi connectivity index (χ4n) is 3.32. The maximum absolute atomic E-state index is 12.8. The maximum atomic E-state index is 12.8. The van der Waals surface area contributed by atoms with Gasteiger partial charge in [-0.1, -0.05) is 60.2 Å². The molecule has 0 bridgehead atoms. The van der Waals surface area contributed by atoms with Crippen LogP contribution in [0.3, 0.4) is 0 Å². The number of rotatable bonds is 8. The van der Waals surface area contributed by atoms with E-state index in [-0.39, 0.29) is 11.9 Å². The molecule has 1 amide bonds. The van der Waals surface area contributed by atoms with E-state index < -0.39 is 0 Å². The Bertz CT molecular complexity index is 1020. The molecule has 160 valence electrons. The van der Waals surface area contributed by atoms with Crippen LogP contribution in [0.2, 0.25) is 0 Å². The van der Waals surface area contributed by atoms with Crippen molar-refractivity contribution in [3.05, 3.63) is 95.1 Å². The number of amides is 1. The van der Waals surface area contributed by atoms with Crippen molar-refractivity contribution in [2.75, 3.05) is 21.3 Å². The molecular weight excluding hydrogens is 390 g/mol. The molecule has 0 spiro atoms. The molecule has 3 aromatic rings. The van der Waals surface area contributed by atoms with Gasteiger partial charge in [0, 0.05) is 6.08 Å². The van der Waals surface area contributed by atoms with Crippen LogP contribution in [0.1, 0.15) is 28.3 Å². The lowest BCUT2D eigenvalue weighted by molar-refractivity contribution is -0.116. The first-order valence-corrected chi connectivity index (χ1v) is 9.95. The molecule has 0 aliphatic rings. The molecule has 3 aromatic carbocycles. The highest BCUT2D eigenvalue weighted by Gasteiger charge is 2.16. The molecule has 5 heteroatoms. The number of hydrogen-bond donors (Lipinski definition) is 1. The Kier molecular flexibility index (Phi) is 7.33. The Hall–Kier alpha value is -3.73. The fourth-order valence-corrected chi connectivity index (χ4v) is 3.32. The van der Waals surface area contributed by atoms with E-state index >= 15 is 0 Å². The average molecular weight is 418 g/mol. The lowest BCUT2D eigenvalue weighted by atomic mass is 9.98. The van der Waals surface area contributed by atoms with Gasteiger partial charge in [-0.2, -0.15) is 0 Å². The molecule has 0 saturated carbocycles. The molecule has 31 heavy (non-hydrogen) atoms. The number of hydrogen-bond acceptors (Lipinski definition) is 4. The number of ether oxygens (including phenoxy) is 3. The summed E-state index contributed by atoms with van der Waals surface area (Å²) in [5.41, 5.74) is 3.97. The smallest absolute Gasteiger partial charge is 0.244 e. The number of methoxy groups -OCH3 is 3. The fraction of sp³-hybridized carbons (Fsp3) is 0.192. The molecule has 0 aromatic heterocycles. The molecule has 0 fully saturated rings. The molecule has 1 unspecified atom stereocenters. The molecule has 3 rings (SSSR count). The summed E-state index contributed by atoms with van der Waals surface area (Å²) >= 11 is 0. The van der Waals surface area contributed by atoms with E-state index in [1.807, 2.05) is 61.5 Å². The van der Waals surface area contributed by atoms with E-state index in [0.717, 1.165) is 16.7 Å². The van der Waals surface area contributed by atoms with Crippen LogP contribution >= 0.6 is 0 Å². The van der Waals surface area contributed by atoms with Crippen LogP contribution in [0, 0.1) is 6.92 Å². The summed E-state index contributed by atoms with van der Waals surface area (Å²) in [7, 11) is 4.67. The van der Waals surface area contributed by atoms with Crippen LogP contribution in [0.25, 0.3) is 6.08 Å². The zero-order chi connectivity index (χ0) is 22.2. The van der Waals surface area contributed by atoms with Crippen LogP contribution in [0.5, 0.6) is 17.2 Å². The lowest BCUT2D eigenvalue weighted by Crippen LogP contribution is -2.27. The van der Waals surface area contributed by atoms with Crippen LogP contribution in [0.4, 0.5) is 0 Å². The Morgan fingerprint density at radius 2 is 1.42 bits per heavy atom. The Morgan fingerprint density at radius 3 is 1.97 bits per heavy atom. The molecular formula is C26H27NO4. The van der Waals surface area contributed by atoms with E-state index in [9.17, 15) is 4.79 Å². The van der Waals surface area contributed by atoms with Crippen molar-refractivity contribution in [1.29, 1.82) is 0 Å². The van der Waals surface area contributed by atoms with Gasteiger partial charge in [0.25, 0.3) is 0 Å². The van der Waals surface area contributed by atoms with E-state index in [2.05, 4.69) is 5.32 Å². The van der Waals surface area contributed by atoms with Gasteiger partial charge >= 0.3 is 0 Å². The van der Waals surface area contributed by atoms with Crippen molar-refractivity contribution in [2.45, 2.75) is 13.0 Å². The summed E-state index contributed by atoms with van der Waals surface area (Å²) in [6.07, 6.45) is 3.22. The highest BCUT2D eigenvalue weighted by Crippen LogP contribution is 2.38. The van der Waals surface area contributed by atoms with Crippen molar-refractivity contribution in [3.63, 3.8) is 0 Å². The zero-order valence-electron chi connectivity index (χ0n) is 18.2. The third kappa shape index (κ3) is 5.45. The van der Waals surface area contributed by atoms with E-state index in [4.69, 9.17) is 14.2 Å². The first-order chi connectivity index (χ1) is 15.0. The minimum Gasteiger partial charge on any atom is -0.493 e. The Labute approximate surface area is 183 Å². The predicted molar refractivity (Wildman–Crippen MR) is 123 cm³/mol. The van der Waals surface area contributed by atoms with E-state index in [1.165, 1.54) is 11.6 Å². The van der Waals surface area contributed by atoms with E-state index in [1.54, 1.807) is 39.5 Å². The first kappa shape index (κ1) is 22.0. The molecule has 0 saturated heterocycles. The van der Waals surface area contributed by atoms with Crippen LogP contribution in [-0.2, 0) is 4.79 Å². The maximum Gasteiger partial charge on any atom is 0.244 e. The van der Waals surface area contributed by atoms with Gasteiger partial charge in [0.1, 0.15) is 0 Å². The minimum atomic E-state index is -0.251. The lowest BCUT2D eigenvalue weighted by Gasteiger charge is -2.19. The summed E-state index contributed by atoms with van der Waals surface area (Å²) in [5.74, 6) is 1.37. The van der Waals surface area contributed by atoms with Crippen LogP contribution < -0.4 is 19.5 Å². The Morgan fingerprint density at radius 1 is 0.839 bits per heavy atom. The highest BCUT2D eigenvalue weighted by atomic mass is 16.5. The molecule has 0 aliphatic heterocycles. The summed E-state index contributed by atoms with van der Waals surface area (Å²) in [6.45, 7) is 2.04. The third-order valence-corrected chi connectivity index (χ3v) is 4.94. The van der Waals surface area contributed by atoms with Gasteiger partial charge in [-0.3, -0.25) is 4.79 Å². The molecule has 0 radical (unpaired) electrons.